The van der Waals surface area contributed by atoms with Crippen LogP contribution in [0.2, 0.25) is 0 Å². The van der Waals surface area contributed by atoms with Crippen LogP contribution in [0.3, 0.4) is 0 Å². The SMILES string of the molecule is Cc1nnc(SCc2ccc(F)cc2C(=O)O)s1. The lowest BCUT2D eigenvalue weighted by Crippen LogP contribution is -2.02. The molecule has 0 radical (unpaired) electrons. The summed E-state index contributed by atoms with van der Waals surface area (Å²) in [7, 11) is 0. The molecule has 0 aliphatic heterocycles. The van der Waals surface area contributed by atoms with Gasteiger partial charge in [-0.3, -0.25) is 0 Å². The number of hydrogen-bond donors (Lipinski definition) is 1. The first-order valence-electron chi connectivity index (χ1n) is 5.01. The molecule has 1 heterocycles. The third-order valence-electron chi connectivity index (χ3n) is 2.16. The molecule has 0 saturated heterocycles. The van der Waals surface area contributed by atoms with Crippen molar-refractivity contribution in [1.29, 1.82) is 0 Å². The summed E-state index contributed by atoms with van der Waals surface area (Å²) in [6.07, 6.45) is 0. The van der Waals surface area contributed by atoms with E-state index >= 15 is 0 Å². The van der Waals surface area contributed by atoms with Gasteiger partial charge in [0.15, 0.2) is 4.34 Å². The van der Waals surface area contributed by atoms with Gasteiger partial charge in [-0.15, -0.1) is 10.2 Å². The lowest BCUT2D eigenvalue weighted by Gasteiger charge is -2.04. The van der Waals surface area contributed by atoms with Crippen molar-refractivity contribution < 1.29 is 14.3 Å². The summed E-state index contributed by atoms with van der Waals surface area (Å²) in [4.78, 5) is 11.0. The number of carboxylic acid groups (broad SMARTS) is 1. The Morgan fingerprint density at radius 2 is 2.28 bits per heavy atom. The molecule has 0 bridgehead atoms. The summed E-state index contributed by atoms with van der Waals surface area (Å²) in [6, 6.07) is 3.77. The van der Waals surface area contributed by atoms with E-state index in [9.17, 15) is 9.18 Å². The third kappa shape index (κ3) is 3.05. The molecule has 0 saturated carbocycles. The van der Waals surface area contributed by atoms with Crippen LogP contribution in [0.4, 0.5) is 4.39 Å². The van der Waals surface area contributed by atoms with Crippen molar-refractivity contribution in [3.05, 3.63) is 40.2 Å². The van der Waals surface area contributed by atoms with E-state index in [2.05, 4.69) is 10.2 Å². The predicted octanol–water partition coefficient (Wildman–Crippen LogP) is 2.98. The topological polar surface area (TPSA) is 63.1 Å². The Bertz CT molecular complexity index is 586. The summed E-state index contributed by atoms with van der Waals surface area (Å²) in [5, 5.41) is 17.7. The van der Waals surface area contributed by atoms with Crippen molar-refractivity contribution in [2.75, 3.05) is 0 Å². The summed E-state index contributed by atoms with van der Waals surface area (Å²) in [5.74, 6) is -1.25. The van der Waals surface area contributed by atoms with E-state index in [0.717, 1.165) is 15.4 Å². The van der Waals surface area contributed by atoms with Crippen LogP contribution in [0.25, 0.3) is 0 Å². The number of carboxylic acids is 1. The molecule has 0 atom stereocenters. The van der Waals surface area contributed by atoms with Gasteiger partial charge < -0.3 is 5.11 Å². The highest BCUT2D eigenvalue weighted by atomic mass is 32.2. The van der Waals surface area contributed by atoms with Crippen LogP contribution in [-0.4, -0.2) is 21.3 Å². The minimum Gasteiger partial charge on any atom is -0.478 e. The molecule has 1 aromatic heterocycles. The summed E-state index contributed by atoms with van der Waals surface area (Å²) < 4.78 is 13.8. The molecule has 0 unspecified atom stereocenters. The highest BCUT2D eigenvalue weighted by Crippen LogP contribution is 2.27. The average Bonchev–Trinajstić information content (AvgIpc) is 2.73. The van der Waals surface area contributed by atoms with Crippen molar-refractivity contribution in [3.63, 3.8) is 0 Å². The summed E-state index contributed by atoms with van der Waals surface area (Å²) in [6.45, 7) is 1.85. The van der Waals surface area contributed by atoms with Crippen LogP contribution in [0.15, 0.2) is 22.5 Å². The van der Waals surface area contributed by atoms with Crippen molar-refractivity contribution in [2.24, 2.45) is 0 Å². The first-order valence-corrected chi connectivity index (χ1v) is 6.81. The summed E-state index contributed by atoms with van der Waals surface area (Å²) >= 11 is 2.83. The van der Waals surface area contributed by atoms with Gasteiger partial charge in [0.2, 0.25) is 0 Å². The van der Waals surface area contributed by atoms with E-state index in [4.69, 9.17) is 5.11 Å². The standard InChI is InChI=1S/C11H9FN2O2S2/c1-6-13-14-11(18-6)17-5-7-2-3-8(12)4-9(7)10(15)16/h2-4H,5H2,1H3,(H,15,16). The maximum Gasteiger partial charge on any atom is 0.336 e. The second kappa shape index (κ2) is 5.45. The van der Waals surface area contributed by atoms with Gasteiger partial charge in [-0.2, -0.15) is 0 Å². The smallest absolute Gasteiger partial charge is 0.336 e. The molecule has 0 aliphatic rings. The Balaban J connectivity index is 2.16. The summed E-state index contributed by atoms with van der Waals surface area (Å²) in [5.41, 5.74) is 0.561. The van der Waals surface area contributed by atoms with Gasteiger partial charge in [0.25, 0.3) is 0 Å². The largest absolute Gasteiger partial charge is 0.478 e. The van der Waals surface area contributed by atoms with Crippen molar-refractivity contribution >= 4 is 29.1 Å². The number of nitrogens with zero attached hydrogens (tertiary/aromatic N) is 2. The average molecular weight is 284 g/mol. The fourth-order valence-corrected chi connectivity index (χ4v) is 3.17. The number of hydrogen-bond acceptors (Lipinski definition) is 5. The molecule has 2 rings (SSSR count). The highest BCUT2D eigenvalue weighted by molar-refractivity contribution is 8.00. The molecule has 0 aliphatic carbocycles. The van der Waals surface area contributed by atoms with Gasteiger partial charge in [-0.25, -0.2) is 9.18 Å². The minimum atomic E-state index is -1.13. The minimum absolute atomic E-state index is 0.0104. The monoisotopic (exact) mass is 284 g/mol. The zero-order valence-electron chi connectivity index (χ0n) is 9.38. The molecule has 1 aromatic carbocycles. The van der Waals surface area contributed by atoms with Gasteiger partial charge in [0.05, 0.1) is 5.56 Å². The Labute approximate surface area is 111 Å². The number of aromatic carboxylic acids is 1. The van der Waals surface area contributed by atoms with E-state index in [1.165, 1.54) is 35.2 Å². The Morgan fingerprint density at radius 3 is 2.89 bits per heavy atom. The van der Waals surface area contributed by atoms with Crippen LogP contribution in [0.5, 0.6) is 0 Å². The second-order valence-corrected chi connectivity index (χ2v) is 5.89. The zero-order chi connectivity index (χ0) is 13.1. The molecule has 18 heavy (non-hydrogen) atoms. The number of aromatic nitrogens is 2. The predicted molar refractivity (Wildman–Crippen MR) is 67.6 cm³/mol. The molecule has 0 spiro atoms. The zero-order valence-corrected chi connectivity index (χ0v) is 11.0. The maximum atomic E-state index is 13.0. The molecule has 7 heteroatoms. The molecule has 4 nitrogen and oxygen atoms in total. The molecule has 94 valence electrons. The Kier molecular flexibility index (Phi) is 3.93. The number of thioether (sulfide) groups is 1. The molecular formula is C11H9FN2O2S2. The third-order valence-corrected chi connectivity index (χ3v) is 4.18. The molecule has 0 fully saturated rings. The van der Waals surface area contributed by atoms with E-state index in [-0.39, 0.29) is 5.56 Å². The number of aryl methyl sites for hydroxylation is 1. The highest BCUT2D eigenvalue weighted by Gasteiger charge is 2.12. The normalized spacial score (nSPS) is 10.6. The van der Waals surface area contributed by atoms with Gasteiger partial charge in [0, 0.05) is 5.75 Å². The van der Waals surface area contributed by atoms with Crippen LogP contribution in [-0.2, 0) is 5.75 Å². The van der Waals surface area contributed by atoms with E-state index in [1.54, 1.807) is 0 Å². The van der Waals surface area contributed by atoms with Crippen LogP contribution < -0.4 is 0 Å². The quantitative estimate of drug-likeness (QED) is 0.874. The van der Waals surface area contributed by atoms with Gasteiger partial charge in [-0.1, -0.05) is 29.2 Å². The van der Waals surface area contributed by atoms with Crippen LogP contribution in [0, 0.1) is 12.7 Å². The van der Waals surface area contributed by atoms with Crippen LogP contribution >= 0.6 is 23.1 Å². The number of rotatable bonds is 4. The number of carbonyl (C=O) groups is 1. The van der Waals surface area contributed by atoms with E-state index < -0.39 is 11.8 Å². The fraction of sp³-hybridized carbons (Fsp3) is 0.182. The molecule has 0 amide bonds. The lowest BCUT2D eigenvalue weighted by atomic mass is 10.1. The first-order chi connectivity index (χ1) is 8.56. The Hall–Kier alpha value is -1.47. The molecule has 2 aromatic rings. The van der Waals surface area contributed by atoms with Crippen LogP contribution in [0.1, 0.15) is 20.9 Å². The van der Waals surface area contributed by atoms with Crippen molar-refractivity contribution in [2.45, 2.75) is 17.0 Å². The lowest BCUT2D eigenvalue weighted by molar-refractivity contribution is 0.0695. The van der Waals surface area contributed by atoms with Crippen molar-refractivity contribution in [3.8, 4) is 0 Å². The van der Waals surface area contributed by atoms with Gasteiger partial charge in [-0.05, 0) is 24.6 Å². The maximum absolute atomic E-state index is 13.0. The Morgan fingerprint density at radius 1 is 1.50 bits per heavy atom. The second-order valence-electron chi connectivity index (χ2n) is 3.48. The van der Waals surface area contributed by atoms with Gasteiger partial charge in [0.1, 0.15) is 10.8 Å². The van der Waals surface area contributed by atoms with E-state index in [0.29, 0.717) is 11.3 Å². The van der Waals surface area contributed by atoms with Gasteiger partial charge >= 0.3 is 5.97 Å². The molecular weight excluding hydrogens is 275 g/mol. The number of halogens is 1. The molecule has 1 N–H and O–H groups in total. The number of benzene rings is 1. The van der Waals surface area contributed by atoms with Crippen molar-refractivity contribution in [1.82, 2.24) is 10.2 Å². The first kappa shape index (κ1) is 13.0. The van der Waals surface area contributed by atoms with E-state index in [1.807, 2.05) is 6.92 Å². The fourth-order valence-electron chi connectivity index (χ4n) is 1.35.